The SMILES string of the molecule is CC(=O)NC(=S)Nc1cc(-c2nc3ccccc3s2)ccc1Cl. The normalized spacial score (nSPS) is 10.5. The lowest BCUT2D eigenvalue weighted by Gasteiger charge is -2.10. The van der Waals surface area contributed by atoms with Crippen LogP contribution in [-0.4, -0.2) is 16.0 Å². The molecule has 0 saturated carbocycles. The second kappa shape index (κ2) is 6.62. The molecule has 0 fully saturated rings. The Morgan fingerprint density at radius 3 is 2.78 bits per heavy atom. The van der Waals surface area contributed by atoms with Crippen molar-refractivity contribution in [1.29, 1.82) is 0 Å². The number of anilines is 1. The van der Waals surface area contributed by atoms with Gasteiger partial charge in [-0.15, -0.1) is 11.3 Å². The number of carbonyl (C=O) groups is 1. The average molecular weight is 362 g/mol. The second-order valence-corrected chi connectivity index (χ2v) is 6.66. The van der Waals surface area contributed by atoms with Crippen molar-refractivity contribution in [3.8, 4) is 10.6 Å². The standard InChI is InChI=1S/C16H12ClN3OS2/c1-9(21)18-16(22)20-13-8-10(6-7-11(13)17)15-19-12-4-2-3-5-14(12)23-15/h2-8H,1H3,(H2,18,20,21,22). The van der Waals surface area contributed by atoms with E-state index in [0.717, 1.165) is 20.8 Å². The van der Waals surface area contributed by atoms with Gasteiger partial charge in [-0.3, -0.25) is 4.79 Å². The molecule has 0 aliphatic rings. The Kier molecular flexibility index (Phi) is 4.56. The van der Waals surface area contributed by atoms with E-state index in [1.165, 1.54) is 6.92 Å². The highest BCUT2D eigenvalue weighted by Gasteiger charge is 2.10. The summed E-state index contributed by atoms with van der Waals surface area (Å²) < 4.78 is 1.13. The Labute approximate surface area is 147 Å². The quantitative estimate of drug-likeness (QED) is 0.662. The zero-order chi connectivity index (χ0) is 16.4. The lowest BCUT2D eigenvalue weighted by molar-refractivity contribution is -0.117. The largest absolute Gasteiger partial charge is 0.331 e. The summed E-state index contributed by atoms with van der Waals surface area (Å²) >= 11 is 12.9. The number of amides is 1. The van der Waals surface area contributed by atoms with Gasteiger partial charge in [-0.05, 0) is 36.5 Å². The van der Waals surface area contributed by atoms with E-state index in [9.17, 15) is 4.79 Å². The number of nitrogens with one attached hydrogen (secondary N) is 2. The molecule has 4 nitrogen and oxygen atoms in total. The number of thiazole rings is 1. The monoisotopic (exact) mass is 361 g/mol. The first-order valence-electron chi connectivity index (χ1n) is 6.77. The number of fused-ring (bicyclic) bond motifs is 1. The number of carbonyl (C=O) groups excluding carboxylic acids is 1. The first kappa shape index (κ1) is 15.9. The van der Waals surface area contributed by atoms with Gasteiger partial charge in [0.15, 0.2) is 5.11 Å². The minimum atomic E-state index is -0.235. The van der Waals surface area contributed by atoms with Crippen LogP contribution in [0.4, 0.5) is 5.69 Å². The van der Waals surface area contributed by atoms with Crippen LogP contribution in [0, 0.1) is 0 Å². The number of halogens is 1. The number of aromatic nitrogens is 1. The molecule has 0 radical (unpaired) electrons. The average Bonchev–Trinajstić information content (AvgIpc) is 2.92. The van der Waals surface area contributed by atoms with Crippen LogP contribution < -0.4 is 10.6 Å². The highest BCUT2D eigenvalue weighted by atomic mass is 35.5. The number of hydrogen-bond acceptors (Lipinski definition) is 4. The predicted octanol–water partition coefficient (Wildman–Crippen LogP) is 4.45. The lowest BCUT2D eigenvalue weighted by Crippen LogP contribution is -2.32. The smallest absolute Gasteiger partial charge is 0.222 e. The van der Waals surface area contributed by atoms with Gasteiger partial charge in [0.2, 0.25) is 5.91 Å². The van der Waals surface area contributed by atoms with Crippen LogP contribution >= 0.6 is 35.2 Å². The fourth-order valence-electron chi connectivity index (χ4n) is 2.06. The molecular weight excluding hydrogens is 350 g/mol. The summed E-state index contributed by atoms with van der Waals surface area (Å²) in [5.41, 5.74) is 2.52. The van der Waals surface area contributed by atoms with Gasteiger partial charge in [0.25, 0.3) is 0 Å². The number of hydrogen-bond donors (Lipinski definition) is 2. The molecule has 2 N–H and O–H groups in total. The van der Waals surface area contributed by atoms with E-state index in [2.05, 4.69) is 15.6 Å². The molecule has 0 unspecified atom stereocenters. The van der Waals surface area contributed by atoms with Gasteiger partial charge in [0.05, 0.1) is 20.9 Å². The maximum atomic E-state index is 11.0. The molecule has 1 amide bonds. The summed E-state index contributed by atoms with van der Waals surface area (Å²) in [6, 6.07) is 13.5. The van der Waals surface area contributed by atoms with Crippen LogP contribution in [0.3, 0.4) is 0 Å². The molecule has 0 spiro atoms. The molecule has 0 bridgehead atoms. The first-order chi connectivity index (χ1) is 11.0. The summed E-state index contributed by atoms with van der Waals surface area (Å²) in [5, 5.41) is 7.06. The van der Waals surface area contributed by atoms with E-state index in [0.29, 0.717) is 10.7 Å². The Hall–Kier alpha value is -2.02. The van der Waals surface area contributed by atoms with Gasteiger partial charge in [-0.2, -0.15) is 0 Å². The number of para-hydroxylation sites is 1. The van der Waals surface area contributed by atoms with Gasteiger partial charge < -0.3 is 10.6 Å². The third-order valence-corrected chi connectivity index (χ3v) is 4.66. The van der Waals surface area contributed by atoms with Crippen LogP contribution in [0.2, 0.25) is 5.02 Å². The minimum absolute atomic E-state index is 0.209. The fraction of sp³-hybridized carbons (Fsp3) is 0.0625. The molecule has 3 rings (SSSR count). The van der Waals surface area contributed by atoms with E-state index in [1.807, 2.05) is 36.4 Å². The highest BCUT2D eigenvalue weighted by Crippen LogP contribution is 2.33. The van der Waals surface area contributed by atoms with Crippen molar-refractivity contribution in [2.24, 2.45) is 0 Å². The molecule has 23 heavy (non-hydrogen) atoms. The molecule has 116 valence electrons. The number of thiocarbonyl (C=S) groups is 1. The molecule has 0 atom stereocenters. The molecule has 0 aliphatic carbocycles. The van der Waals surface area contributed by atoms with E-state index in [-0.39, 0.29) is 11.0 Å². The van der Waals surface area contributed by atoms with Gasteiger partial charge in [-0.25, -0.2) is 4.98 Å². The van der Waals surface area contributed by atoms with E-state index in [1.54, 1.807) is 17.4 Å². The van der Waals surface area contributed by atoms with E-state index < -0.39 is 0 Å². The van der Waals surface area contributed by atoms with Crippen molar-refractivity contribution in [2.45, 2.75) is 6.92 Å². The van der Waals surface area contributed by atoms with Crippen molar-refractivity contribution in [3.63, 3.8) is 0 Å². The summed E-state index contributed by atoms with van der Waals surface area (Å²) in [7, 11) is 0. The summed E-state index contributed by atoms with van der Waals surface area (Å²) in [6.07, 6.45) is 0. The molecule has 3 aromatic rings. The van der Waals surface area contributed by atoms with Crippen LogP contribution in [0.1, 0.15) is 6.92 Å². The summed E-state index contributed by atoms with van der Waals surface area (Å²) in [6.45, 7) is 1.40. The summed E-state index contributed by atoms with van der Waals surface area (Å²) in [4.78, 5) is 15.7. The maximum absolute atomic E-state index is 11.0. The Morgan fingerprint density at radius 2 is 2.04 bits per heavy atom. The molecule has 2 aromatic carbocycles. The third kappa shape index (κ3) is 3.67. The Balaban J connectivity index is 1.93. The Morgan fingerprint density at radius 1 is 1.26 bits per heavy atom. The van der Waals surface area contributed by atoms with Crippen LogP contribution in [0.15, 0.2) is 42.5 Å². The molecule has 1 aromatic heterocycles. The van der Waals surface area contributed by atoms with Crippen molar-refractivity contribution in [2.75, 3.05) is 5.32 Å². The highest BCUT2D eigenvalue weighted by molar-refractivity contribution is 7.80. The fourth-order valence-corrected chi connectivity index (χ4v) is 3.44. The second-order valence-electron chi connectivity index (χ2n) is 4.82. The van der Waals surface area contributed by atoms with Gasteiger partial charge in [0.1, 0.15) is 5.01 Å². The van der Waals surface area contributed by atoms with Crippen molar-refractivity contribution in [3.05, 3.63) is 47.5 Å². The lowest BCUT2D eigenvalue weighted by atomic mass is 10.2. The molecule has 7 heteroatoms. The minimum Gasteiger partial charge on any atom is -0.331 e. The number of nitrogens with zero attached hydrogens (tertiary/aromatic N) is 1. The van der Waals surface area contributed by atoms with E-state index >= 15 is 0 Å². The zero-order valence-corrected chi connectivity index (χ0v) is 14.5. The maximum Gasteiger partial charge on any atom is 0.222 e. The molecule has 0 saturated heterocycles. The predicted molar refractivity (Wildman–Crippen MR) is 100 cm³/mol. The third-order valence-electron chi connectivity index (χ3n) is 3.04. The zero-order valence-electron chi connectivity index (χ0n) is 12.1. The summed E-state index contributed by atoms with van der Waals surface area (Å²) in [5.74, 6) is -0.235. The molecule has 0 aliphatic heterocycles. The van der Waals surface area contributed by atoms with Crippen molar-refractivity contribution < 1.29 is 4.79 Å². The molecular formula is C16H12ClN3OS2. The van der Waals surface area contributed by atoms with Crippen LogP contribution in [0.25, 0.3) is 20.8 Å². The number of benzene rings is 2. The first-order valence-corrected chi connectivity index (χ1v) is 8.37. The van der Waals surface area contributed by atoms with Crippen molar-refractivity contribution >= 4 is 62.1 Å². The van der Waals surface area contributed by atoms with Crippen molar-refractivity contribution in [1.82, 2.24) is 10.3 Å². The van der Waals surface area contributed by atoms with E-state index in [4.69, 9.17) is 23.8 Å². The van der Waals surface area contributed by atoms with Crippen LogP contribution in [0.5, 0.6) is 0 Å². The Bertz CT molecular complexity index is 874. The molecule has 1 heterocycles. The topological polar surface area (TPSA) is 54.0 Å². The number of rotatable bonds is 2. The van der Waals surface area contributed by atoms with Crippen LogP contribution in [-0.2, 0) is 4.79 Å². The van der Waals surface area contributed by atoms with Gasteiger partial charge in [0, 0.05) is 12.5 Å². The van der Waals surface area contributed by atoms with Gasteiger partial charge >= 0.3 is 0 Å². The van der Waals surface area contributed by atoms with Gasteiger partial charge in [-0.1, -0.05) is 29.8 Å².